The first kappa shape index (κ1) is 16.7. The van der Waals surface area contributed by atoms with Crippen LogP contribution in [0.4, 0.5) is 5.95 Å². The van der Waals surface area contributed by atoms with Crippen LogP contribution in [0.1, 0.15) is 42.4 Å². The summed E-state index contributed by atoms with van der Waals surface area (Å²) in [6.45, 7) is 3.85. The number of amides is 1. The summed E-state index contributed by atoms with van der Waals surface area (Å²) >= 11 is 1.67. The van der Waals surface area contributed by atoms with Crippen LogP contribution in [-0.2, 0) is 0 Å². The number of nitrogens with two attached hydrogens (primary N) is 1. The molecule has 0 aliphatic rings. The van der Waals surface area contributed by atoms with Crippen molar-refractivity contribution in [3.8, 4) is 0 Å². The minimum atomic E-state index is -0.332. The van der Waals surface area contributed by atoms with E-state index >= 15 is 0 Å². The van der Waals surface area contributed by atoms with Crippen LogP contribution in [0.2, 0.25) is 0 Å². The Kier molecular flexibility index (Phi) is 6.74. The van der Waals surface area contributed by atoms with Crippen LogP contribution in [0, 0.1) is 0 Å². The molecular weight excluding hydrogens is 276 g/mol. The van der Waals surface area contributed by atoms with E-state index in [1.807, 2.05) is 20.1 Å². The smallest absolute Gasteiger partial charge is 0.270 e. The standard InChI is InChI=1S/C13H22N4O2S/c1-8(2)10-6-11(17-13(14)16-10)12(19)15-9(7-18)4-5-20-3/h6,8-9,18H,4-5,7H2,1-3H3,(H,15,19)(H2,14,16,17)/t9-/m0/s1. The van der Waals surface area contributed by atoms with Gasteiger partial charge in [-0.1, -0.05) is 13.8 Å². The molecule has 0 aliphatic heterocycles. The molecule has 112 valence electrons. The van der Waals surface area contributed by atoms with Crippen molar-refractivity contribution in [2.24, 2.45) is 0 Å². The zero-order valence-corrected chi connectivity index (χ0v) is 12.9. The van der Waals surface area contributed by atoms with Gasteiger partial charge in [0.05, 0.1) is 12.6 Å². The van der Waals surface area contributed by atoms with Crippen LogP contribution in [0.3, 0.4) is 0 Å². The highest BCUT2D eigenvalue weighted by Gasteiger charge is 2.16. The fourth-order valence-corrected chi connectivity index (χ4v) is 2.15. The minimum Gasteiger partial charge on any atom is -0.394 e. The molecule has 0 unspecified atom stereocenters. The molecule has 20 heavy (non-hydrogen) atoms. The number of nitrogen functional groups attached to an aromatic ring is 1. The summed E-state index contributed by atoms with van der Waals surface area (Å²) in [5.74, 6) is 0.790. The van der Waals surface area contributed by atoms with Crippen LogP contribution in [-0.4, -0.2) is 45.6 Å². The summed E-state index contributed by atoms with van der Waals surface area (Å²) in [5, 5.41) is 12.0. The number of carbonyl (C=O) groups is 1. The molecule has 0 bridgehead atoms. The van der Waals surface area contributed by atoms with Crippen molar-refractivity contribution in [3.05, 3.63) is 17.5 Å². The molecule has 0 saturated heterocycles. The predicted octanol–water partition coefficient (Wildman–Crippen LogP) is 1.03. The van der Waals surface area contributed by atoms with Gasteiger partial charge in [0.25, 0.3) is 5.91 Å². The van der Waals surface area contributed by atoms with Gasteiger partial charge in [0.2, 0.25) is 5.95 Å². The van der Waals surface area contributed by atoms with Gasteiger partial charge in [0.15, 0.2) is 0 Å². The van der Waals surface area contributed by atoms with Crippen LogP contribution in [0.25, 0.3) is 0 Å². The van der Waals surface area contributed by atoms with Gasteiger partial charge in [-0.15, -0.1) is 0 Å². The Labute approximate surface area is 123 Å². The summed E-state index contributed by atoms with van der Waals surface area (Å²) in [7, 11) is 0. The summed E-state index contributed by atoms with van der Waals surface area (Å²) in [6.07, 6.45) is 2.69. The molecule has 0 radical (unpaired) electrons. The number of nitrogens with one attached hydrogen (secondary N) is 1. The largest absolute Gasteiger partial charge is 0.394 e. The number of thioether (sulfide) groups is 1. The molecule has 1 aromatic heterocycles. The van der Waals surface area contributed by atoms with Gasteiger partial charge >= 0.3 is 0 Å². The van der Waals surface area contributed by atoms with Crippen molar-refractivity contribution >= 4 is 23.6 Å². The molecule has 1 rings (SSSR count). The molecule has 1 heterocycles. The van der Waals surface area contributed by atoms with E-state index in [1.165, 1.54) is 0 Å². The van der Waals surface area contributed by atoms with Gasteiger partial charge in [-0.3, -0.25) is 4.79 Å². The number of aromatic nitrogens is 2. The second-order valence-corrected chi connectivity index (χ2v) is 5.81. The molecule has 1 atom stereocenters. The number of hydrogen-bond donors (Lipinski definition) is 3. The first-order chi connectivity index (χ1) is 9.47. The number of anilines is 1. The van der Waals surface area contributed by atoms with Crippen molar-refractivity contribution in [2.45, 2.75) is 32.2 Å². The van der Waals surface area contributed by atoms with E-state index in [0.717, 1.165) is 11.4 Å². The maximum atomic E-state index is 12.1. The molecule has 7 heteroatoms. The Hall–Kier alpha value is -1.34. The summed E-state index contributed by atoms with van der Waals surface area (Å²) in [6, 6.07) is 1.37. The number of aliphatic hydroxyl groups excluding tert-OH is 1. The lowest BCUT2D eigenvalue weighted by atomic mass is 10.1. The van der Waals surface area contributed by atoms with Crippen molar-refractivity contribution in [2.75, 3.05) is 24.3 Å². The van der Waals surface area contributed by atoms with Gasteiger partial charge in [-0.25, -0.2) is 9.97 Å². The molecule has 4 N–H and O–H groups in total. The monoisotopic (exact) mass is 298 g/mol. The number of carbonyl (C=O) groups excluding carboxylic acids is 1. The van der Waals surface area contributed by atoms with Crippen LogP contribution < -0.4 is 11.1 Å². The van der Waals surface area contributed by atoms with Crippen molar-refractivity contribution in [3.63, 3.8) is 0 Å². The Morgan fingerprint density at radius 1 is 1.50 bits per heavy atom. The first-order valence-electron chi connectivity index (χ1n) is 6.53. The lowest BCUT2D eigenvalue weighted by Gasteiger charge is -2.16. The highest BCUT2D eigenvalue weighted by molar-refractivity contribution is 7.98. The molecule has 0 saturated carbocycles. The number of hydrogen-bond acceptors (Lipinski definition) is 6. The van der Waals surface area contributed by atoms with Gasteiger partial charge in [0, 0.05) is 5.69 Å². The maximum Gasteiger partial charge on any atom is 0.270 e. The van der Waals surface area contributed by atoms with E-state index in [1.54, 1.807) is 17.8 Å². The Morgan fingerprint density at radius 2 is 2.20 bits per heavy atom. The Morgan fingerprint density at radius 3 is 2.75 bits per heavy atom. The third-order valence-corrected chi connectivity index (χ3v) is 3.46. The average Bonchev–Trinajstić information content (AvgIpc) is 2.42. The van der Waals surface area contributed by atoms with Gasteiger partial charge in [-0.2, -0.15) is 11.8 Å². The topological polar surface area (TPSA) is 101 Å². The Bertz CT molecular complexity index is 454. The molecule has 0 spiro atoms. The van der Waals surface area contributed by atoms with Gasteiger partial charge in [-0.05, 0) is 30.4 Å². The maximum absolute atomic E-state index is 12.1. The third kappa shape index (κ3) is 4.97. The summed E-state index contributed by atoms with van der Waals surface area (Å²) in [5.41, 5.74) is 6.59. The van der Waals surface area contributed by atoms with Gasteiger partial charge in [0.1, 0.15) is 5.69 Å². The normalized spacial score (nSPS) is 12.4. The van der Waals surface area contributed by atoms with Crippen molar-refractivity contribution in [1.82, 2.24) is 15.3 Å². The third-order valence-electron chi connectivity index (χ3n) is 2.81. The SMILES string of the molecule is CSCC[C@@H](CO)NC(=O)c1cc(C(C)C)nc(N)n1. The van der Waals surface area contributed by atoms with E-state index in [-0.39, 0.29) is 36.1 Å². The molecule has 6 nitrogen and oxygen atoms in total. The van der Waals surface area contributed by atoms with Crippen LogP contribution in [0.5, 0.6) is 0 Å². The minimum absolute atomic E-state index is 0.0889. The quantitative estimate of drug-likeness (QED) is 0.695. The molecule has 0 fully saturated rings. The number of aliphatic hydroxyl groups is 1. The number of rotatable bonds is 7. The van der Waals surface area contributed by atoms with E-state index in [2.05, 4.69) is 15.3 Å². The van der Waals surface area contributed by atoms with Gasteiger partial charge < -0.3 is 16.2 Å². The molecular formula is C13H22N4O2S. The molecule has 0 aliphatic carbocycles. The highest BCUT2D eigenvalue weighted by Crippen LogP contribution is 2.13. The molecule has 1 aromatic rings. The lowest BCUT2D eigenvalue weighted by molar-refractivity contribution is 0.0910. The zero-order chi connectivity index (χ0) is 15.1. The Balaban J connectivity index is 2.80. The predicted molar refractivity (Wildman–Crippen MR) is 81.9 cm³/mol. The van der Waals surface area contributed by atoms with Crippen molar-refractivity contribution < 1.29 is 9.90 Å². The van der Waals surface area contributed by atoms with E-state index in [4.69, 9.17) is 5.73 Å². The summed E-state index contributed by atoms with van der Waals surface area (Å²) < 4.78 is 0. The second kappa shape index (κ2) is 8.06. The van der Waals surface area contributed by atoms with E-state index < -0.39 is 0 Å². The fraction of sp³-hybridized carbons (Fsp3) is 0.615. The highest BCUT2D eigenvalue weighted by atomic mass is 32.2. The second-order valence-electron chi connectivity index (χ2n) is 4.83. The first-order valence-corrected chi connectivity index (χ1v) is 7.92. The van der Waals surface area contributed by atoms with Crippen molar-refractivity contribution in [1.29, 1.82) is 0 Å². The van der Waals surface area contributed by atoms with Crippen LogP contribution >= 0.6 is 11.8 Å². The lowest BCUT2D eigenvalue weighted by Crippen LogP contribution is -2.38. The van der Waals surface area contributed by atoms with Crippen LogP contribution in [0.15, 0.2) is 6.07 Å². The summed E-state index contributed by atoms with van der Waals surface area (Å²) in [4.78, 5) is 20.2. The van der Waals surface area contributed by atoms with E-state index in [0.29, 0.717) is 6.42 Å². The zero-order valence-electron chi connectivity index (χ0n) is 12.1. The van der Waals surface area contributed by atoms with E-state index in [9.17, 15) is 9.90 Å². The molecule has 0 aromatic carbocycles. The fourth-order valence-electron chi connectivity index (χ4n) is 1.63. The molecule has 1 amide bonds. The average molecular weight is 298 g/mol. The number of nitrogens with zero attached hydrogens (tertiary/aromatic N) is 2.